The third-order valence-corrected chi connectivity index (χ3v) is 9.21. The number of methoxy groups -OCH3 is 1. The molecule has 1 amide bonds. The fourth-order valence-electron chi connectivity index (χ4n) is 6.52. The summed E-state index contributed by atoms with van der Waals surface area (Å²) in [5, 5.41) is 5.44. The third-order valence-electron chi connectivity index (χ3n) is 9.21. The summed E-state index contributed by atoms with van der Waals surface area (Å²) >= 11 is 0. The number of halogens is 1. The second kappa shape index (κ2) is 14.8. The van der Waals surface area contributed by atoms with Crippen LogP contribution in [0.5, 0.6) is 5.75 Å². The van der Waals surface area contributed by atoms with Gasteiger partial charge in [0.1, 0.15) is 0 Å². The maximum Gasteiger partial charge on any atom is 0.222 e. The van der Waals surface area contributed by atoms with Crippen LogP contribution in [-0.4, -0.2) is 51.1 Å². The van der Waals surface area contributed by atoms with Crippen LogP contribution in [0.1, 0.15) is 102 Å². The van der Waals surface area contributed by atoms with E-state index in [-0.39, 0.29) is 5.75 Å². The van der Waals surface area contributed by atoms with Crippen LogP contribution in [0, 0.1) is 11.7 Å². The van der Waals surface area contributed by atoms with Crippen molar-refractivity contribution in [3.63, 3.8) is 0 Å². The van der Waals surface area contributed by atoms with Gasteiger partial charge in [-0.1, -0.05) is 58.3 Å². The summed E-state index contributed by atoms with van der Waals surface area (Å²) in [4.78, 5) is 22.3. The maximum absolute atomic E-state index is 14.2. The van der Waals surface area contributed by atoms with Crippen molar-refractivity contribution in [3.8, 4) is 16.9 Å². The van der Waals surface area contributed by atoms with Crippen molar-refractivity contribution in [3.05, 3.63) is 54.4 Å². The second-order valence-electron chi connectivity index (χ2n) is 12.4. The molecule has 2 unspecified atom stereocenters. The predicted molar refractivity (Wildman–Crippen MR) is 170 cm³/mol. The Kier molecular flexibility index (Phi) is 10.6. The van der Waals surface area contributed by atoms with E-state index in [2.05, 4.69) is 23.2 Å². The Labute approximate surface area is 254 Å². The number of fused-ring (bicyclic) bond motifs is 2. The summed E-state index contributed by atoms with van der Waals surface area (Å²) in [5.74, 6) is 1.49. The molecular weight excluding hydrogens is 541 g/mol. The first-order valence-corrected chi connectivity index (χ1v) is 16.1. The van der Waals surface area contributed by atoms with Gasteiger partial charge in [-0.25, -0.2) is 13.9 Å². The first kappa shape index (κ1) is 30.9. The van der Waals surface area contributed by atoms with Crippen molar-refractivity contribution in [2.75, 3.05) is 20.7 Å². The highest BCUT2D eigenvalue weighted by Gasteiger charge is 2.19. The standard InChI is InChI=1S/C26H29FN4O.C9H17NO/c1-17-6-3-4-8-18(9-5-7-17)19-14-29-26-22(15-30-31(26)16-19)20-10-11-28-24-13-23(27)25(32-2)12-21(20)24;1-10-8-6-4-2-3-5-7-9(10)11/h10-18H,3-9H2,1-2H3;2-8H2,1H3. The molecule has 7 nitrogen and oxygen atoms in total. The van der Waals surface area contributed by atoms with Crippen molar-refractivity contribution in [1.82, 2.24) is 24.5 Å². The molecule has 2 atom stereocenters. The molecule has 6 rings (SSSR count). The molecule has 4 aromatic rings. The number of hydrogen-bond donors (Lipinski definition) is 0. The van der Waals surface area contributed by atoms with Crippen molar-refractivity contribution in [1.29, 1.82) is 0 Å². The SMILES string of the molecule is CN1CCCCCCCC1=O.COc1cc2c(-c3cnn4cc(C5CCCCC(C)CCC5)cnc34)ccnc2cc1F. The van der Waals surface area contributed by atoms with Crippen LogP contribution in [0.2, 0.25) is 0 Å². The highest BCUT2D eigenvalue weighted by molar-refractivity contribution is 5.98. The minimum Gasteiger partial charge on any atom is -0.494 e. The molecule has 1 aromatic carbocycles. The molecule has 2 aliphatic rings. The predicted octanol–water partition coefficient (Wildman–Crippen LogP) is 8.36. The lowest BCUT2D eigenvalue weighted by molar-refractivity contribution is -0.129. The average molecular weight is 588 g/mol. The Morgan fingerprint density at radius 1 is 0.907 bits per heavy atom. The first-order valence-electron chi connectivity index (χ1n) is 16.1. The van der Waals surface area contributed by atoms with Crippen LogP contribution in [0.4, 0.5) is 4.39 Å². The molecule has 0 bridgehead atoms. The van der Waals surface area contributed by atoms with E-state index < -0.39 is 5.82 Å². The number of carbonyl (C=O) groups is 1. The zero-order valence-corrected chi connectivity index (χ0v) is 26.0. The molecule has 1 saturated carbocycles. The van der Waals surface area contributed by atoms with Gasteiger partial charge in [0.25, 0.3) is 0 Å². The van der Waals surface area contributed by atoms with E-state index in [9.17, 15) is 9.18 Å². The smallest absolute Gasteiger partial charge is 0.222 e. The topological polar surface area (TPSA) is 72.6 Å². The van der Waals surface area contributed by atoms with Crippen molar-refractivity contribution in [2.24, 2.45) is 5.92 Å². The molecular formula is C35H46FN5O2. The van der Waals surface area contributed by atoms with Gasteiger partial charge in [0.05, 0.1) is 18.8 Å². The van der Waals surface area contributed by atoms with Gasteiger partial charge in [-0.2, -0.15) is 5.10 Å². The van der Waals surface area contributed by atoms with E-state index >= 15 is 0 Å². The van der Waals surface area contributed by atoms with Crippen LogP contribution < -0.4 is 4.74 Å². The van der Waals surface area contributed by atoms with E-state index in [1.165, 1.54) is 89.4 Å². The summed E-state index contributed by atoms with van der Waals surface area (Å²) < 4.78 is 21.2. The van der Waals surface area contributed by atoms with Gasteiger partial charge < -0.3 is 9.64 Å². The summed E-state index contributed by atoms with van der Waals surface area (Å²) in [6.45, 7) is 3.34. The van der Waals surface area contributed by atoms with Gasteiger partial charge in [0.15, 0.2) is 17.2 Å². The van der Waals surface area contributed by atoms with Crippen LogP contribution in [0.3, 0.4) is 0 Å². The molecule has 1 aliphatic heterocycles. The van der Waals surface area contributed by atoms with E-state index in [0.29, 0.717) is 17.3 Å². The van der Waals surface area contributed by atoms with Crippen molar-refractivity contribution < 1.29 is 13.9 Å². The highest BCUT2D eigenvalue weighted by Crippen LogP contribution is 2.35. The normalized spacial score (nSPS) is 20.7. The second-order valence-corrected chi connectivity index (χ2v) is 12.4. The minimum absolute atomic E-state index is 0.202. The van der Waals surface area contributed by atoms with Gasteiger partial charge in [-0.3, -0.25) is 9.78 Å². The highest BCUT2D eigenvalue weighted by atomic mass is 19.1. The number of benzene rings is 1. The van der Waals surface area contributed by atoms with Crippen LogP contribution in [0.15, 0.2) is 43.0 Å². The molecule has 0 spiro atoms. The lowest BCUT2D eigenvalue weighted by atomic mass is 9.91. The number of amides is 1. The minimum atomic E-state index is -0.420. The summed E-state index contributed by atoms with van der Waals surface area (Å²) in [6.07, 6.45) is 23.5. The van der Waals surface area contributed by atoms with Crippen molar-refractivity contribution >= 4 is 22.5 Å². The fraction of sp³-hybridized carbons (Fsp3) is 0.543. The molecule has 1 aliphatic carbocycles. The molecule has 3 aromatic heterocycles. The fourth-order valence-corrected chi connectivity index (χ4v) is 6.52. The Morgan fingerprint density at radius 2 is 1.67 bits per heavy atom. The molecule has 0 radical (unpaired) electrons. The number of aromatic nitrogens is 4. The Bertz CT molecular complexity index is 1520. The van der Waals surface area contributed by atoms with E-state index in [0.717, 1.165) is 47.5 Å². The zero-order chi connectivity index (χ0) is 30.2. The molecule has 43 heavy (non-hydrogen) atoms. The van der Waals surface area contributed by atoms with Crippen LogP contribution in [0.25, 0.3) is 27.7 Å². The van der Waals surface area contributed by atoms with E-state index in [4.69, 9.17) is 9.72 Å². The lowest BCUT2D eigenvalue weighted by Gasteiger charge is -2.16. The summed E-state index contributed by atoms with van der Waals surface area (Å²) in [6, 6.07) is 5.03. The number of rotatable bonds is 3. The molecule has 0 N–H and O–H groups in total. The number of ether oxygens (including phenoxy) is 1. The third kappa shape index (κ3) is 7.70. The Balaban J connectivity index is 0.000000283. The van der Waals surface area contributed by atoms with Crippen LogP contribution in [-0.2, 0) is 4.79 Å². The summed E-state index contributed by atoms with van der Waals surface area (Å²) in [5.41, 5.74) is 4.46. The van der Waals surface area contributed by atoms with Crippen LogP contribution >= 0.6 is 0 Å². The zero-order valence-electron chi connectivity index (χ0n) is 26.0. The number of hydrogen-bond acceptors (Lipinski definition) is 5. The monoisotopic (exact) mass is 587 g/mol. The molecule has 2 fully saturated rings. The first-order chi connectivity index (χ1) is 20.9. The summed E-state index contributed by atoms with van der Waals surface area (Å²) in [7, 11) is 3.38. The van der Waals surface area contributed by atoms with E-state index in [1.807, 2.05) is 34.9 Å². The lowest BCUT2D eigenvalue weighted by Crippen LogP contribution is -2.26. The number of pyridine rings is 1. The number of carbonyl (C=O) groups excluding carboxylic acids is 1. The molecule has 4 heterocycles. The Morgan fingerprint density at radius 3 is 2.53 bits per heavy atom. The van der Waals surface area contributed by atoms with Crippen molar-refractivity contribution in [2.45, 2.75) is 96.3 Å². The quantitative estimate of drug-likeness (QED) is 0.241. The number of nitrogens with zero attached hydrogens (tertiary/aromatic N) is 5. The Hall–Kier alpha value is -3.55. The van der Waals surface area contributed by atoms with Gasteiger partial charge in [0.2, 0.25) is 5.91 Å². The molecule has 230 valence electrons. The van der Waals surface area contributed by atoms with Gasteiger partial charge in [0, 0.05) is 55.6 Å². The maximum atomic E-state index is 14.2. The van der Waals surface area contributed by atoms with Gasteiger partial charge >= 0.3 is 0 Å². The molecule has 8 heteroatoms. The average Bonchev–Trinajstić information content (AvgIpc) is 3.50. The van der Waals surface area contributed by atoms with E-state index in [1.54, 1.807) is 12.3 Å². The van der Waals surface area contributed by atoms with Gasteiger partial charge in [-0.15, -0.1) is 0 Å². The molecule has 1 saturated heterocycles. The van der Waals surface area contributed by atoms with Gasteiger partial charge in [-0.05, 0) is 60.8 Å². The largest absolute Gasteiger partial charge is 0.494 e.